The molecule has 0 aliphatic carbocycles. The minimum absolute atomic E-state index is 0.0612. The molecule has 0 aliphatic rings. The van der Waals surface area contributed by atoms with Crippen LogP contribution in [0.15, 0.2) is 218 Å². The molecular weight excluding hydrogens is 679 g/mol. The van der Waals surface area contributed by atoms with Crippen LogP contribution in [0, 0.1) is 0 Å². The van der Waals surface area contributed by atoms with Gasteiger partial charge in [0.25, 0.3) is 0 Å². The standard InChI is InChI=1S/C53H45N3/c54-51(43-15-7-2-8-16-43)37-49(39-13-5-1-6-14-39)26-23-38-21-24-40(25-22-38)47-33-29-42-30-34-48(36-50(42)35-47)41-27-31-46(32-28-41)53(56-55)52(44-17-9-3-10-18-44)45-19-11-4-12-20-45/h1-22,24-37,52-53,56H,23,54-55H2/b49-26+,51-37-. The van der Waals surface area contributed by atoms with E-state index < -0.39 is 0 Å². The van der Waals surface area contributed by atoms with E-state index in [0.717, 1.165) is 34.4 Å². The SMILES string of the molecule is NNC(c1ccc(-c2ccc3ccc(-c4ccc(C/C=C(\C=C(/N)c5ccccc5)c5ccccc5)cc4)cc3c2)cc1)C(c1ccccc1)c1ccccc1. The van der Waals surface area contributed by atoms with Crippen molar-refractivity contribution in [2.24, 2.45) is 11.6 Å². The summed E-state index contributed by atoms with van der Waals surface area (Å²) in [4.78, 5) is 0. The molecule has 8 aromatic rings. The second-order valence-corrected chi connectivity index (χ2v) is 14.2. The molecule has 3 nitrogen and oxygen atoms in total. The molecule has 0 amide bonds. The first-order valence-corrected chi connectivity index (χ1v) is 19.2. The topological polar surface area (TPSA) is 64.1 Å². The van der Waals surface area contributed by atoms with Crippen LogP contribution in [0.4, 0.5) is 0 Å². The summed E-state index contributed by atoms with van der Waals surface area (Å²) in [6.07, 6.45) is 5.14. The van der Waals surface area contributed by atoms with Crippen LogP contribution < -0.4 is 17.0 Å². The lowest BCUT2D eigenvalue weighted by atomic mass is 9.82. The maximum Gasteiger partial charge on any atom is 0.0569 e. The van der Waals surface area contributed by atoms with E-state index in [1.807, 2.05) is 36.4 Å². The molecule has 0 saturated carbocycles. The van der Waals surface area contributed by atoms with Crippen molar-refractivity contribution in [3.63, 3.8) is 0 Å². The normalized spacial score (nSPS) is 12.5. The monoisotopic (exact) mass is 723 g/mol. The zero-order valence-electron chi connectivity index (χ0n) is 31.3. The summed E-state index contributed by atoms with van der Waals surface area (Å²) < 4.78 is 0. The van der Waals surface area contributed by atoms with Crippen molar-refractivity contribution in [1.29, 1.82) is 0 Å². The van der Waals surface area contributed by atoms with Gasteiger partial charge in [-0.15, -0.1) is 0 Å². The predicted octanol–water partition coefficient (Wildman–Crippen LogP) is 12.1. The number of benzene rings is 8. The Balaban J connectivity index is 1.02. The van der Waals surface area contributed by atoms with E-state index in [2.05, 4.69) is 187 Å². The van der Waals surface area contributed by atoms with Gasteiger partial charge in [-0.1, -0.05) is 200 Å². The molecule has 0 heterocycles. The number of rotatable bonds is 12. The van der Waals surface area contributed by atoms with Crippen molar-refractivity contribution in [2.45, 2.75) is 18.4 Å². The van der Waals surface area contributed by atoms with E-state index in [0.29, 0.717) is 0 Å². The van der Waals surface area contributed by atoms with Gasteiger partial charge in [0.1, 0.15) is 0 Å². The number of fused-ring (bicyclic) bond motifs is 1. The second kappa shape index (κ2) is 17.1. The first kappa shape index (κ1) is 36.2. The molecule has 0 spiro atoms. The number of nitrogens with one attached hydrogen (secondary N) is 1. The predicted molar refractivity (Wildman–Crippen MR) is 236 cm³/mol. The van der Waals surface area contributed by atoms with Gasteiger partial charge in [-0.25, -0.2) is 0 Å². The Morgan fingerprint density at radius 3 is 1.45 bits per heavy atom. The van der Waals surface area contributed by atoms with Crippen LogP contribution in [-0.4, -0.2) is 0 Å². The van der Waals surface area contributed by atoms with Crippen LogP contribution in [0.3, 0.4) is 0 Å². The minimum atomic E-state index is -0.100. The third-order valence-electron chi connectivity index (χ3n) is 10.6. The highest BCUT2D eigenvalue weighted by molar-refractivity contribution is 5.91. The van der Waals surface area contributed by atoms with Crippen LogP contribution >= 0.6 is 0 Å². The van der Waals surface area contributed by atoms with Gasteiger partial charge < -0.3 is 5.73 Å². The van der Waals surface area contributed by atoms with Gasteiger partial charge in [0.05, 0.1) is 6.04 Å². The molecule has 56 heavy (non-hydrogen) atoms. The van der Waals surface area contributed by atoms with Gasteiger partial charge in [-0.2, -0.15) is 0 Å². The quantitative estimate of drug-likeness (QED) is 0.0668. The van der Waals surface area contributed by atoms with E-state index in [9.17, 15) is 0 Å². The Bertz CT molecular complexity index is 2520. The summed E-state index contributed by atoms with van der Waals surface area (Å²) >= 11 is 0. The van der Waals surface area contributed by atoms with E-state index >= 15 is 0 Å². The lowest BCUT2D eigenvalue weighted by Gasteiger charge is -2.28. The molecule has 0 fully saturated rings. The average Bonchev–Trinajstić information content (AvgIpc) is 3.28. The molecule has 8 aromatic carbocycles. The average molecular weight is 724 g/mol. The second-order valence-electron chi connectivity index (χ2n) is 14.2. The molecule has 8 rings (SSSR count). The minimum Gasteiger partial charge on any atom is -0.398 e. The molecule has 1 atom stereocenters. The van der Waals surface area contributed by atoms with Crippen LogP contribution in [0.1, 0.15) is 45.3 Å². The van der Waals surface area contributed by atoms with E-state index in [1.54, 1.807) is 0 Å². The lowest BCUT2D eigenvalue weighted by Crippen LogP contribution is -2.33. The molecule has 3 heteroatoms. The van der Waals surface area contributed by atoms with Crippen LogP contribution in [0.5, 0.6) is 0 Å². The van der Waals surface area contributed by atoms with Crippen molar-refractivity contribution in [3.8, 4) is 22.3 Å². The molecule has 0 radical (unpaired) electrons. The Morgan fingerprint density at radius 2 is 0.929 bits per heavy atom. The highest BCUT2D eigenvalue weighted by atomic mass is 15.2. The smallest absolute Gasteiger partial charge is 0.0569 e. The van der Waals surface area contributed by atoms with Gasteiger partial charge >= 0.3 is 0 Å². The zero-order valence-corrected chi connectivity index (χ0v) is 31.3. The molecule has 0 bridgehead atoms. The number of hydrogen-bond acceptors (Lipinski definition) is 3. The molecule has 272 valence electrons. The fourth-order valence-electron chi connectivity index (χ4n) is 7.61. The lowest BCUT2D eigenvalue weighted by molar-refractivity contribution is 0.499. The van der Waals surface area contributed by atoms with E-state index in [1.165, 1.54) is 49.7 Å². The Labute approximate surface area is 330 Å². The third kappa shape index (κ3) is 8.30. The molecular formula is C53H45N3. The Hall–Kier alpha value is -6.78. The maximum absolute atomic E-state index is 6.55. The molecule has 0 aromatic heterocycles. The summed E-state index contributed by atoms with van der Waals surface area (Å²) in [5.41, 5.74) is 23.3. The van der Waals surface area contributed by atoms with Gasteiger partial charge in [-0.3, -0.25) is 11.3 Å². The van der Waals surface area contributed by atoms with E-state index in [-0.39, 0.29) is 12.0 Å². The number of hydrazine groups is 1. The Kier molecular flexibility index (Phi) is 11.1. The molecule has 0 saturated heterocycles. The number of allylic oxidation sites excluding steroid dienone is 3. The van der Waals surface area contributed by atoms with Gasteiger partial charge in [0.15, 0.2) is 0 Å². The van der Waals surface area contributed by atoms with Crippen molar-refractivity contribution in [1.82, 2.24) is 5.43 Å². The van der Waals surface area contributed by atoms with Crippen molar-refractivity contribution < 1.29 is 0 Å². The molecule has 5 N–H and O–H groups in total. The van der Waals surface area contributed by atoms with Gasteiger partial charge in [0, 0.05) is 11.6 Å². The highest BCUT2D eigenvalue weighted by Crippen LogP contribution is 2.37. The first-order valence-electron chi connectivity index (χ1n) is 19.2. The third-order valence-corrected chi connectivity index (χ3v) is 10.6. The largest absolute Gasteiger partial charge is 0.398 e. The Morgan fingerprint density at radius 1 is 0.464 bits per heavy atom. The van der Waals surface area contributed by atoms with Crippen LogP contribution in [0.2, 0.25) is 0 Å². The summed E-state index contributed by atoms with van der Waals surface area (Å²) in [6.45, 7) is 0. The summed E-state index contributed by atoms with van der Waals surface area (Å²) in [5, 5.41) is 2.43. The first-order chi connectivity index (χ1) is 27.6. The number of nitrogens with two attached hydrogens (primary N) is 2. The molecule has 1 unspecified atom stereocenters. The van der Waals surface area contributed by atoms with E-state index in [4.69, 9.17) is 11.6 Å². The fraction of sp³-hybridized carbons (Fsp3) is 0.0566. The summed E-state index contributed by atoms with van der Waals surface area (Å²) in [7, 11) is 0. The van der Waals surface area contributed by atoms with Crippen molar-refractivity contribution >= 4 is 22.0 Å². The zero-order chi connectivity index (χ0) is 38.1. The van der Waals surface area contributed by atoms with Crippen LogP contribution in [0.25, 0.3) is 44.3 Å². The summed E-state index contributed by atoms with van der Waals surface area (Å²) in [6, 6.07) is 72.8. The highest BCUT2D eigenvalue weighted by Gasteiger charge is 2.25. The summed E-state index contributed by atoms with van der Waals surface area (Å²) in [5.74, 6) is 6.35. The van der Waals surface area contributed by atoms with Crippen molar-refractivity contribution in [2.75, 3.05) is 0 Å². The molecule has 0 aliphatic heterocycles. The number of hydrogen-bond donors (Lipinski definition) is 3. The van der Waals surface area contributed by atoms with Crippen LogP contribution in [-0.2, 0) is 6.42 Å². The van der Waals surface area contributed by atoms with Gasteiger partial charge in [0.2, 0.25) is 0 Å². The fourth-order valence-corrected chi connectivity index (χ4v) is 7.61. The van der Waals surface area contributed by atoms with Gasteiger partial charge in [-0.05, 0) is 96.6 Å². The maximum atomic E-state index is 6.55. The van der Waals surface area contributed by atoms with Crippen molar-refractivity contribution in [3.05, 3.63) is 252 Å².